The molecule has 4 heterocycles. The number of aromatic nitrogens is 1. The van der Waals surface area contributed by atoms with E-state index in [0.717, 1.165) is 24.9 Å². The molecule has 1 aromatic carbocycles. The van der Waals surface area contributed by atoms with Gasteiger partial charge in [-0.05, 0) is 0 Å². The van der Waals surface area contributed by atoms with Crippen molar-refractivity contribution in [3.63, 3.8) is 0 Å². The molecule has 33 heavy (non-hydrogen) atoms. The van der Waals surface area contributed by atoms with Gasteiger partial charge in [0.15, 0.2) is 0 Å². The predicted molar refractivity (Wildman–Crippen MR) is 127 cm³/mol. The number of nitrogens with zero attached hydrogens (tertiary/aromatic N) is 4. The van der Waals surface area contributed by atoms with E-state index in [9.17, 15) is 14.4 Å². The van der Waals surface area contributed by atoms with Gasteiger partial charge in [-0.3, -0.25) is 0 Å². The average molecular weight is 554 g/mol. The summed E-state index contributed by atoms with van der Waals surface area (Å²) in [5.74, 6) is -0.286. The summed E-state index contributed by atoms with van der Waals surface area (Å²) in [5.41, 5.74) is 3.25. The molecule has 0 saturated carbocycles. The zero-order valence-corrected chi connectivity index (χ0v) is 21.0. The molecule has 1 saturated heterocycles. The molecule has 2 aliphatic rings. The Morgan fingerprint density at radius 1 is 0.909 bits per heavy atom. The Balaban J connectivity index is 1.69. The van der Waals surface area contributed by atoms with Crippen molar-refractivity contribution in [2.75, 3.05) is 19.0 Å². The van der Waals surface area contributed by atoms with Gasteiger partial charge in [0.25, 0.3) is 0 Å². The number of barbiturate groups is 1. The summed E-state index contributed by atoms with van der Waals surface area (Å²) in [5, 5.41) is 0. The Morgan fingerprint density at radius 3 is 2.24 bits per heavy atom. The fraction of sp³-hybridized carbons (Fsp3) is 0.200. The van der Waals surface area contributed by atoms with Gasteiger partial charge in [0, 0.05) is 0 Å². The summed E-state index contributed by atoms with van der Waals surface area (Å²) in [7, 11) is 2.79. The van der Waals surface area contributed by atoms with Crippen LogP contribution in [0.5, 0.6) is 0 Å². The topological polar surface area (TPSA) is 73.8 Å². The van der Waals surface area contributed by atoms with E-state index in [4.69, 9.17) is 0 Å². The van der Waals surface area contributed by atoms with Crippen molar-refractivity contribution in [1.82, 2.24) is 14.8 Å². The van der Waals surface area contributed by atoms with E-state index in [0.29, 0.717) is 0 Å². The first kappa shape index (κ1) is 21.6. The van der Waals surface area contributed by atoms with Crippen molar-refractivity contribution in [3.8, 4) is 0 Å². The molecule has 0 bridgehead atoms. The zero-order chi connectivity index (χ0) is 23.5. The number of carbonyl (C=O) groups excluding carboxylic acids is 3. The van der Waals surface area contributed by atoms with E-state index < -0.39 is 38.3 Å². The van der Waals surface area contributed by atoms with E-state index in [1.54, 1.807) is 12.3 Å². The Hall–Kier alpha value is -3.21. The summed E-state index contributed by atoms with van der Waals surface area (Å²) in [6, 6.07) is 15.7. The van der Waals surface area contributed by atoms with Crippen LogP contribution >= 0.6 is 0 Å². The van der Waals surface area contributed by atoms with Crippen LogP contribution in [-0.2, 0) is 15.0 Å². The molecule has 0 aliphatic carbocycles. The SMILES string of the molecule is CN1C(=O)C(=Cc2cc3c([te]2)N(c2ccccn2)c2ccccc2C3(C)C)C(=O)N(C)C1=O. The fourth-order valence-electron chi connectivity index (χ4n) is 4.37. The Bertz CT molecular complexity index is 1320. The number of urea groups is 1. The number of hydrogen-bond donors (Lipinski definition) is 0. The van der Waals surface area contributed by atoms with Crippen molar-refractivity contribution in [1.29, 1.82) is 0 Å². The molecule has 0 radical (unpaired) electrons. The van der Waals surface area contributed by atoms with Gasteiger partial charge in [0.05, 0.1) is 0 Å². The number of benzene rings is 1. The second-order valence-corrected chi connectivity index (χ2v) is 11.6. The second-order valence-electron chi connectivity index (χ2n) is 8.60. The second kappa shape index (κ2) is 7.68. The van der Waals surface area contributed by atoms with Gasteiger partial charge >= 0.3 is 202 Å². The van der Waals surface area contributed by atoms with E-state index in [-0.39, 0.29) is 11.0 Å². The van der Waals surface area contributed by atoms with Crippen LogP contribution in [0.1, 0.15) is 28.6 Å². The number of imide groups is 2. The van der Waals surface area contributed by atoms with Crippen LogP contribution in [0.3, 0.4) is 0 Å². The van der Waals surface area contributed by atoms with Gasteiger partial charge in [-0.25, -0.2) is 0 Å². The molecule has 1 fully saturated rings. The molecule has 2 aliphatic heterocycles. The molecule has 166 valence electrons. The number of likely N-dealkylation sites (N-methyl/N-ethyl adjacent to an activating group) is 2. The van der Waals surface area contributed by atoms with Crippen LogP contribution in [-0.4, -0.2) is 67.2 Å². The monoisotopic (exact) mass is 556 g/mol. The molecule has 5 rings (SSSR count). The van der Waals surface area contributed by atoms with Gasteiger partial charge in [0.2, 0.25) is 0 Å². The van der Waals surface area contributed by atoms with Crippen LogP contribution in [0.2, 0.25) is 0 Å². The molecule has 0 atom stereocenters. The van der Waals surface area contributed by atoms with Crippen molar-refractivity contribution < 1.29 is 14.4 Å². The van der Waals surface area contributed by atoms with Gasteiger partial charge in [0.1, 0.15) is 0 Å². The quantitative estimate of drug-likeness (QED) is 0.275. The summed E-state index contributed by atoms with van der Waals surface area (Å²) in [6.45, 7) is 4.40. The van der Waals surface area contributed by atoms with Gasteiger partial charge in [-0.1, -0.05) is 0 Å². The number of rotatable bonds is 2. The molecule has 0 spiro atoms. The molecule has 7 nitrogen and oxygen atoms in total. The van der Waals surface area contributed by atoms with Gasteiger partial charge < -0.3 is 0 Å². The predicted octanol–water partition coefficient (Wildman–Crippen LogP) is 3.68. The maximum atomic E-state index is 12.7. The fourth-order valence-corrected chi connectivity index (χ4v) is 8.03. The van der Waals surface area contributed by atoms with E-state index >= 15 is 0 Å². The molecule has 3 aromatic rings. The standard InChI is InChI=1S/C25H22N4O3Te/c1-25(2)17-9-5-6-10-19(17)29(20-11-7-8-12-26-20)23-18(25)14-15(33-23)13-16-21(30)27(3)24(32)28(4)22(16)31/h5-14H,1-4H3. The first-order valence-electron chi connectivity index (χ1n) is 10.5. The molecular weight excluding hydrogens is 532 g/mol. The summed E-state index contributed by atoms with van der Waals surface area (Å²) < 4.78 is 2.17. The molecule has 0 unspecified atom stereocenters. The van der Waals surface area contributed by atoms with E-state index in [2.05, 4.69) is 41.9 Å². The summed E-state index contributed by atoms with van der Waals surface area (Å²) >= 11 is -0.947. The zero-order valence-electron chi connectivity index (χ0n) is 18.7. The van der Waals surface area contributed by atoms with Crippen LogP contribution in [0.25, 0.3) is 6.08 Å². The minimum atomic E-state index is -0.947. The third-order valence-electron chi connectivity index (χ3n) is 6.24. The van der Waals surface area contributed by atoms with Gasteiger partial charge in [-0.15, -0.1) is 0 Å². The van der Waals surface area contributed by atoms with Crippen molar-refractivity contribution in [2.45, 2.75) is 19.3 Å². The third kappa shape index (κ3) is 3.25. The molecule has 8 heteroatoms. The Kier molecular flexibility index (Phi) is 5.04. The number of hydrogen-bond acceptors (Lipinski definition) is 5. The number of para-hydroxylation sites is 1. The van der Waals surface area contributed by atoms with Crippen molar-refractivity contribution in [2.24, 2.45) is 0 Å². The van der Waals surface area contributed by atoms with Crippen LogP contribution in [0.4, 0.5) is 20.0 Å². The third-order valence-corrected chi connectivity index (χ3v) is 9.28. The number of carbonyl (C=O) groups is 3. The Labute approximate surface area is 201 Å². The number of amides is 4. The maximum absolute atomic E-state index is 12.7. The van der Waals surface area contributed by atoms with Gasteiger partial charge in [-0.2, -0.15) is 0 Å². The first-order valence-corrected chi connectivity index (χ1v) is 12.8. The van der Waals surface area contributed by atoms with Crippen LogP contribution in [0.15, 0.2) is 60.3 Å². The van der Waals surface area contributed by atoms with E-state index in [1.165, 1.54) is 28.9 Å². The first-order chi connectivity index (χ1) is 15.7. The molecule has 2 aromatic heterocycles. The molecular formula is C25H22N4O3Te. The summed E-state index contributed by atoms with van der Waals surface area (Å²) in [4.78, 5) is 46.4. The average Bonchev–Trinajstić information content (AvgIpc) is 3.25. The normalized spacial score (nSPS) is 17.3. The van der Waals surface area contributed by atoms with Crippen molar-refractivity contribution >= 4 is 59.6 Å². The van der Waals surface area contributed by atoms with Crippen molar-refractivity contribution in [3.05, 3.63) is 75.0 Å². The van der Waals surface area contributed by atoms with E-state index in [1.807, 2.05) is 30.3 Å². The number of fused-ring (bicyclic) bond motifs is 2. The van der Waals surface area contributed by atoms with Crippen LogP contribution in [0, 0.1) is 0 Å². The molecule has 4 amide bonds. The number of pyridine rings is 1. The Morgan fingerprint density at radius 2 is 1.58 bits per heavy atom. The minimum absolute atomic E-state index is 0.0236. The van der Waals surface area contributed by atoms with Crippen LogP contribution < -0.4 is 4.90 Å². The summed E-state index contributed by atoms with van der Waals surface area (Å²) in [6.07, 6.45) is 3.47. The molecule has 0 N–H and O–H groups in total. The number of anilines is 3.